The van der Waals surface area contributed by atoms with Crippen LogP contribution in [0.1, 0.15) is 24.8 Å². The van der Waals surface area contributed by atoms with E-state index in [1.54, 1.807) is 12.1 Å². The fraction of sp³-hybridized carbons (Fsp3) is 0.385. The highest BCUT2D eigenvalue weighted by Crippen LogP contribution is 2.39. The van der Waals surface area contributed by atoms with Gasteiger partial charge < -0.3 is 5.32 Å². The second-order valence-electron chi connectivity index (χ2n) is 5.45. The van der Waals surface area contributed by atoms with E-state index in [1.165, 1.54) is 29.4 Å². The Labute approximate surface area is 135 Å². The number of nitrogens with one attached hydrogen (secondary N) is 2. The van der Waals surface area contributed by atoms with Gasteiger partial charge in [0.25, 0.3) is 5.69 Å². The second kappa shape index (κ2) is 5.82. The van der Waals surface area contributed by atoms with Crippen LogP contribution >= 0.6 is 23.3 Å². The topological polar surface area (TPSA) is 93.0 Å². The van der Waals surface area contributed by atoms with Crippen LogP contribution < -0.4 is 10.0 Å². The Morgan fingerprint density at radius 3 is 2.77 bits per heavy atom. The lowest BCUT2D eigenvalue weighted by molar-refractivity contribution is -0.384. The summed E-state index contributed by atoms with van der Waals surface area (Å²) in [4.78, 5) is 11.7. The van der Waals surface area contributed by atoms with Crippen molar-refractivity contribution in [2.24, 2.45) is 0 Å². The number of nitro groups is 1. The van der Waals surface area contributed by atoms with Crippen LogP contribution in [0.4, 0.5) is 16.5 Å². The van der Waals surface area contributed by atoms with Crippen molar-refractivity contribution in [3.63, 3.8) is 0 Å². The van der Waals surface area contributed by atoms with Crippen molar-refractivity contribution in [3.8, 4) is 0 Å². The molecule has 0 radical (unpaired) electrons. The molecule has 0 amide bonds. The Bertz CT molecular complexity index is 714. The van der Waals surface area contributed by atoms with Crippen LogP contribution in [0, 0.1) is 17.0 Å². The molecule has 116 valence electrons. The number of hydrogen-bond acceptors (Lipinski definition) is 8. The Morgan fingerprint density at radius 2 is 2.18 bits per heavy atom. The SMILES string of the molecule is Cc1nnc(Nc2cc(SNC3(C)CC3)ccc2[N+](=O)[O-])s1. The summed E-state index contributed by atoms with van der Waals surface area (Å²) in [7, 11) is 0. The van der Waals surface area contributed by atoms with Gasteiger partial charge in [0.2, 0.25) is 5.13 Å². The molecule has 1 saturated carbocycles. The van der Waals surface area contributed by atoms with Crippen molar-refractivity contribution in [2.75, 3.05) is 5.32 Å². The van der Waals surface area contributed by atoms with E-state index in [-0.39, 0.29) is 11.2 Å². The predicted octanol–water partition coefficient (Wildman–Crippen LogP) is 3.65. The van der Waals surface area contributed by atoms with Crippen LogP contribution in [0.2, 0.25) is 0 Å². The van der Waals surface area contributed by atoms with Gasteiger partial charge in [0.1, 0.15) is 10.7 Å². The lowest BCUT2D eigenvalue weighted by atomic mass is 10.3. The summed E-state index contributed by atoms with van der Waals surface area (Å²) in [5.74, 6) is 0. The number of aryl methyl sites for hydroxylation is 1. The molecule has 1 aromatic carbocycles. The number of aromatic nitrogens is 2. The molecule has 7 nitrogen and oxygen atoms in total. The second-order valence-corrected chi connectivity index (χ2v) is 7.51. The molecule has 3 rings (SSSR count). The van der Waals surface area contributed by atoms with Crippen molar-refractivity contribution in [1.82, 2.24) is 14.9 Å². The standard InChI is InChI=1S/C13H15N5O2S2/c1-8-15-16-12(21-8)14-10-7-9(3-4-11(10)18(19)20)22-17-13(2)5-6-13/h3-4,7,17H,5-6H2,1-2H3,(H,14,16). The maximum atomic E-state index is 11.2. The molecule has 9 heteroatoms. The number of nitro benzene ring substituents is 1. The van der Waals surface area contributed by atoms with Gasteiger partial charge in [0, 0.05) is 16.5 Å². The molecule has 0 atom stereocenters. The Kier molecular flexibility index (Phi) is 4.02. The molecule has 0 aliphatic heterocycles. The van der Waals surface area contributed by atoms with E-state index in [4.69, 9.17) is 0 Å². The number of anilines is 2. The highest BCUT2D eigenvalue weighted by atomic mass is 32.2. The largest absolute Gasteiger partial charge is 0.324 e. The van der Waals surface area contributed by atoms with E-state index in [0.717, 1.165) is 22.7 Å². The first-order valence-electron chi connectivity index (χ1n) is 6.75. The zero-order chi connectivity index (χ0) is 15.7. The summed E-state index contributed by atoms with van der Waals surface area (Å²) in [5, 5.41) is 23.4. The minimum Gasteiger partial charge on any atom is -0.324 e. The first-order valence-corrected chi connectivity index (χ1v) is 8.38. The minimum absolute atomic E-state index is 0.0230. The van der Waals surface area contributed by atoms with Crippen LogP contribution in [-0.4, -0.2) is 20.7 Å². The molecule has 1 heterocycles. The van der Waals surface area contributed by atoms with Crippen molar-refractivity contribution < 1.29 is 4.92 Å². The van der Waals surface area contributed by atoms with Crippen molar-refractivity contribution >= 4 is 39.8 Å². The first-order chi connectivity index (χ1) is 10.5. The molecule has 2 N–H and O–H groups in total. The van der Waals surface area contributed by atoms with E-state index in [1.807, 2.05) is 6.92 Å². The molecule has 0 saturated heterocycles. The molecule has 2 aromatic rings. The first kappa shape index (κ1) is 15.2. The van der Waals surface area contributed by atoms with Gasteiger partial charge in [-0.1, -0.05) is 11.3 Å². The predicted molar refractivity (Wildman–Crippen MR) is 87.7 cm³/mol. The van der Waals surface area contributed by atoms with Crippen molar-refractivity contribution in [1.29, 1.82) is 0 Å². The van der Waals surface area contributed by atoms with Gasteiger partial charge >= 0.3 is 0 Å². The van der Waals surface area contributed by atoms with Gasteiger partial charge in [-0.05, 0) is 50.8 Å². The van der Waals surface area contributed by atoms with E-state index in [0.29, 0.717) is 10.8 Å². The molecule has 1 aromatic heterocycles. The molecule has 0 bridgehead atoms. The van der Waals surface area contributed by atoms with Gasteiger partial charge in [0.15, 0.2) is 0 Å². The van der Waals surface area contributed by atoms with E-state index in [9.17, 15) is 10.1 Å². The Hall–Kier alpha value is -1.71. The Balaban J connectivity index is 1.81. The van der Waals surface area contributed by atoms with Gasteiger partial charge in [-0.15, -0.1) is 10.2 Å². The third-order valence-electron chi connectivity index (χ3n) is 3.35. The smallest absolute Gasteiger partial charge is 0.292 e. The van der Waals surface area contributed by atoms with E-state index >= 15 is 0 Å². The fourth-order valence-electron chi connectivity index (χ4n) is 1.77. The third kappa shape index (κ3) is 3.54. The third-order valence-corrected chi connectivity index (χ3v) is 5.19. The molecular weight excluding hydrogens is 322 g/mol. The summed E-state index contributed by atoms with van der Waals surface area (Å²) in [6, 6.07) is 5.02. The number of hydrogen-bond donors (Lipinski definition) is 2. The molecular formula is C13H15N5O2S2. The Morgan fingerprint density at radius 1 is 1.41 bits per heavy atom. The molecule has 1 aliphatic rings. The van der Waals surface area contributed by atoms with Gasteiger partial charge in [-0.3, -0.25) is 14.8 Å². The normalized spacial score (nSPS) is 15.5. The average Bonchev–Trinajstić information content (AvgIpc) is 3.07. The number of rotatable bonds is 6. The molecule has 1 fully saturated rings. The lowest BCUT2D eigenvalue weighted by Gasteiger charge is -2.11. The summed E-state index contributed by atoms with van der Waals surface area (Å²) in [5.41, 5.74) is 0.639. The number of nitrogens with zero attached hydrogens (tertiary/aromatic N) is 3. The minimum atomic E-state index is -0.402. The highest BCUT2D eigenvalue weighted by Gasteiger charge is 2.37. The van der Waals surface area contributed by atoms with Crippen molar-refractivity contribution in [2.45, 2.75) is 37.1 Å². The summed E-state index contributed by atoms with van der Waals surface area (Å²) >= 11 is 2.85. The summed E-state index contributed by atoms with van der Waals surface area (Å²) < 4.78 is 3.39. The van der Waals surface area contributed by atoms with Gasteiger partial charge in [-0.25, -0.2) is 0 Å². The average molecular weight is 337 g/mol. The molecule has 22 heavy (non-hydrogen) atoms. The molecule has 1 aliphatic carbocycles. The van der Waals surface area contributed by atoms with Crippen molar-refractivity contribution in [3.05, 3.63) is 33.3 Å². The highest BCUT2D eigenvalue weighted by molar-refractivity contribution is 7.97. The van der Waals surface area contributed by atoms with Gasteiger partial charge in [0.05, 0.1) is 4.92 Å². The number of benzene rings is 1. The maximum Gasteiger partial charge on any atom is 0.292 e. The monoisotopic (exact) mass is 337 g/mol. The molecule has 0 unspecified atom stereocenters. The van der Waals surface area contributed by atoms with E-state index < -0.39 is 4.92 Å². The van der Waals surface area contributed by atoms with Crippen LogP contribution in [0.25, 0.3) is 0 Å². The van der Waals surface area contributed by atoms with Crippen LogP contribution in [0.15, 0.2) is 23.1 Å². The van der Waals surface area contributed by atoms with Gasteiger partial charge in [-0.2, -0.15) is 0 Å². The summed E-state index contributed by atoms with van der Waals surface area (Å²) in [6.07, 6.45) is 2.31. The molecule has 0 spiro atoms. The van der Waals surface area contributed by atoms with Crippen LogP contribution in [0.5, 0.6) is 0 Å². The zero-order valence-electron chi connectivity index (χ0n) is 12.1. The quantitative estimate of drug-likeness (QED) is 0.472. The summed E-state index contributed by atoms with van der Waals surface area (Å²) in [6.45, 7) is 4.00. The van der Waals surface area contributed by atoms with E-state index in [2.05, 4.69) is 27.2 Å². The zero-order valence-corrected chi connectivity index (χ0v) is 13.8. The van der Waals surface area contributed by atoms with Crippen LogP contribution in [0.3, 0.4) is 0 Å². The maximum absolute atomic E-state index is 11.2. The lowest BCUT2D eigenvalue weighted by Crippen LogP contribution is -2.19. The fourth-order valence-corrected chi connectivity index (χ4v) is 3.26. The van der Waals surface area contributed by atoms with Crippen LogP contribution in [-0.2, 0) is 0 Å².